The fourth-order valence-corrected chi connectivity index (χ4v) is 1.37. The van der Waals surface area contributed by atoms with Crippen molar-refractivity contribution >= 4 is 17.1 Å². The molecule has 1 heterocycles. The standard InChI is InChI=1S/C10H7N5O6/c16-6-2-1-4(15(20)21)3-5(6)13-14-7-8(17)11-10(19)12-9(7)18/h1-3,16H,(H3,11,12,17,18,19). The van der Waals surface area contributed by atoms with Gasteiger partial charge in [-0.2, -0.15) is 0 Å². The molecule has 0 saturated heterocycles. The van der Waals surface area contributed by atoms with Gasteiger partial charge in [-0.3, -0.25) is 24.9 Å². The fourth-order valence-electron chi connectivity index (χ4n) is 1.37. The number of aromatic amines is 2. The summed E-state index contributed by atoms with van der Waals surface area (Å²) < 4.78 is 0. The minimum absolute atomic E-state index is 0.283. The van der Waals surface area contributed by atoms with Crippen molar-refractivity contribution in [3.05, 3.63) is 49.2 Å². The van der Waals surface area contributed by atoms with Crippen LogP contribution in [0.1, 0.15) is 0 Å². The summed E-state index contributed by atoms with van der Waals surface area (Å²) in [6.07, 6.45) is 0. The van der Waals surface area contributed by atoms with Gasteiger partial charge in [0.05, 0.1) is 4.92 Å². The number of nitro groups is 1. The van der Waals surface area contributed by atoms with E-state index in [1.54, 1.807) is 0 Å². The number of hydrogen-bond acceptors (Lipinski definition) is 8. The van der Waals surface area contributed by atoms with Gasteiger partial charge >= 0.3 is 5.69 Å². The Hall–Kier alpha value is -3.50. The number of hydrogen-bond donors (Lipinski definition) is 4. The van der Waals surface area contributed by atoms with Crippen LogP contribution in [-0.4, -0.2) is 25.1 Å². The number of phenols is 1. The molecule has 4 N–H and O–H groups in total. The van der Waals surface area contributed by atoms with Crippen molar-refractivity contribution in [2.45, 2.75) is 0 Å². The third-order valence-corrected chi connectivity index (χ3v) is 2.33. The number of nitro benzene ring substituents is 1. The molecule has 21 heavy (non-hydrogen) atoms. The Bertz CT molecular complexity index is 852. The number of nitrogens with zero attached hydrogens (tertiary/aromatic N) is 3. The zero-order valence-electron chi connectivity index (χ0n) is 10.1. The molecule has 11 heteroatoms. The molecule has 2 rings (SSSR count). The summed E-state index contributed by atoms with van der Waals surface area (Å²) >= 11 is 0. The van der Waals surface area contributed by atoms with Crippen molar-refractivity contribution in [2.75, 3.05) is 0 Å². The summed E-state index contributed by atoms with van der Waals surface area (Å²) in [5.41, 5.74) is -3.18. The van der Waals surface area contributed by atoms with Crippen LogP contribution in [0.5, 0.6) is 11.6 Å². The van der Waals surface area contributed by atoms with E-state index in [-0.39, 0.29) is 11.4 Å². The zero-order chi connectivity index (χ0) is 15.6. The number of azo groups is 1. The lowest BCUT2D eigenvalue weighted by Gasteiger charge is -1.98. The fraction of sp³-hybridized carbons (Fsp3) is 0. The topological polar surface area (TPSA) is 174 Å². The largest absolute Gasteiger partial charge is 0.506 e. The van der Waals surface area contributed by atoms with Crippen LogP contribution in [-0.2, 0) is 0 Å². The lowest BCUT2D eigenvalue weighted by atomic mass is 10.2. The molecule has 0 spiro atoms. The number of H-pyrrole nitrogens is 2. The van der Waals surface area contributed by atoms with Gasteiger partial charge in [-0.05, 0) is 6.07 Å². The first-order chi connectivity index (χ1) is 9.88. The van der Waals surface area contributed by atoms with Gasteiger partial charge in [-0.15, -0.1) is 10.2 Å². The van der Waals surface area contributed by atoms with Gasteiger partial charge in [-0.25, -0.2) is 4.79 Å². The van der Waals surface area contributed by atoms with Crippen molar-refractivity contribution in [3.63, 3.8) is 0 Å². The average Bonchev–Trinajstić information content (AvgIpc) is 2.39. The number of phenolic OH excluding ortho intramolecular Hbond substituents is 1. The molecule has 11 nitrogen and oxygen atoms in total. The van der Waals surface area contributed by atoms with E-state index in [1.807, 2.05) is 9.97 Å². The van der Waals surface area contributed by atoms with Gasteiger partial charge < -0.3 is 10.2 Å². The molecule has 0 unspecified atom stereocenters. The van der Waals surface area contributed by atoms with Gasteiger partial charge in [0, 0.05) is 12.1 Å². The third kappa shape index (κ3) is 2.91. The second kappa shape index (κ2) is 5.24. The quantitative estimate of drug-likeness (QED) is 0.369. The Morgan fingerprint density at radius 3 is 2.48 bits per heavy atom. The second-order valence-corrected chi connectivity index (χ2v) is 3.74. The summed E-state index contributed by atoms with van der Waals surface area (Å²) in [5, 5.41) is 36.3. The Morgan fingerprint density at radius 2 is 1.86 bits per heavy atom. The lowest BCUT2D eigenvalue weighted by Crippen LogP contribution is -2.20. The first-order valence-corrected chi connectivity index (χ1v) is 5.33. The molecule has 0 saturated carbocycles. The highest BCUT2D eigenvalue weighted by Crippen LogP contribution is 2.32. The highest BCUT2D eigenvalue weighted by atomic mass is 16.6. The molecular formula is C10H7N5O6. The van der Waals surface area contributed by atoms with Crippen LogP contribution < -0.4 is 11.2 Å². The zero-order valence-corrected chi connectivity index (χ0v) is 10.1. The first kappa shape index (κ1) is 13.9. The van der Waals surface area contributed by atoms with Gasteiger partial charge in [0.25, 0.3) is 11.2 Å². The second-order valence-electron chi connectivity index (χ2n) is 3.74. The molecule has 2 aromatic rings. The summed E-state index contributed by atoms with van der Waals surface area (Å²) in [6.45, 7) is 0. The van der Waals surface area contributed by atoms with E-state index in [1.165, 1.54) is 0 Å². The van der Waals surface area contributed by atoms with Crippen LogP contribution in [0.3, 0.4) is 0 Å². The number of non-ortho nitro benzene ring substituents is 1. The van der Waals surface area contributed by atoms with E-state index in [0.29, 0.717) is 0 Å². The molecule has 0 atom stereocenters. The van der Waals surface area contributed by atoms with Gasteiger partial charge in [0.2, 0.25) is 11.6 Å². The maximum atomic E-state index is 11.4. The minimum Gasteiger partial charge on any atom is -0.506 e. The van der Waals surface area contributed by atoms with Crippen molar-refractivity contribution in [2.24, 2.45) is 10.2 Å². The van der Waals surface area contributed by atoms with Crippen LogP contribution in [0.25, 0.3) is 0 Å². The summed E-state index contributed by atoms with van der Waals surface area (Å²) in [5.74, 6) is -1.23. The number of aromatic hydroxyl groups is 2. The smallest absolute Gasteiger partial charge is 0.328 e. The predicted octanol–water partition coefficient (Wildman–Crippen LogP) is 0.798. The Morgan fingerprint density at radius 1 is 1.14 bits per heavy atom. The molecule has 1 aromatic heterocycles. The molecule has 0 aliphatic heterocycles. The molecule has 108 valence electrons. The van der Waals surface area contributed by atoms with Crippen molar-refractivity contribution in [1.29, 1.82) is 0 Å². The SMILES string of the molecule is O=c1[nH]c(O)c(N=Nc2cc([N+](=O)[O-])ccc2O)c(=O)[nH]1. The highest BCUT2D eigenvalue weighted by Gasteiger charge is 2.11. The summed E-state index contributed by atoms with van der Waals surface area (Å²) in [6, 6.07) is 3.01. The molecule has 0 radical (unpaired) electrons. The number of nitrogens with one attached hydrogen (secondary N) is 2. The summed E-state index contributed by atoms with van der Waals surface area (Å²) in [7, 11) is 0. The van der Waals surface area contributed by atoms with Crippen LogP contribution in [0.2, 0.25) is 0 Å². The average molecular weight is 293 g/mol. The van der Waals surface area contributed by atoms with Crippen molar-refractivity contribution in [3.8, 4) is 11.6 Å². The predicted molar refractivity (Wildman–Crippen MR) is 68.3 cm³/mol. The van der Waals surface area contributed by atoms with E-state index in [4.69, 9.17) is 0 Å². The van der Waals surface area contributed by atoms with Crippen molar-refractivity contribution < 1.29 is 15.1 Å². The van der Waals surface area contributed by atoms with Gasteiger partial charge in [-0.1, -0.05) is 0 Å². The normalized spacial score (nSPS) is 10.9. The molecule has 0 bridgehead atoms. The monoisotopic (exact) mass is 293 g/mol. The first-order valence-electron chi connectivity index (χ1n) is 5.33. The van der Waals surface area contributed by atoms with E-state index in [0.717, 1.165) is 18.2 Å². The van der Waals surface area contributed by atoms with E-state index in [9.17, 15) is 29.9 Å². The Balaban J connectivity index is 2.47. The minimum atomic E-state index is -1.01. The Labute approximate surface area is 114 Å². The third-order valence-electron chi connectivity index (χ3n) is 2.33. The highest BCUT2D eigenvalue weighted by molar-refractivity contribution is 5.57. The van der Waals surface area contributed by atoms with E-state index in [2.05, 4.69) is 10.2 Å². The van der Waals surface area contributed by atoms with Gasteiger partial charge in [0.15, 0.2) is 0 Å². The van der Waals surface area contributed by atoms with Crippen LogP contribution in [0.15, 0.2) is 38.0 Å². The number of rotatable bonds is 3. The lowest BCUT2D eigenvalue weighted by molar-refractivity contribution is -0.384. The molecule has 0 fully saturated rings. The summed E-state index contributed by atoms with van der Waals surface area (Å²) in [4.78, 5) is 35.8. The van der Waals surface area contributed by atoms with Crippen LogP contribution >= 0.6 is 0 Å². The maximum absolute atomic E-state index is 11.4. The molecule has 0 amide bonds. The van der Waals surface area contributed by atoms with Crippen molar-refractivity contribution in [1.82, 2.24) is 9.97 Å². The van der Waals surface area contributed by atoms with Crippen LogP contribution in [0.4, 0.5) is 17.1 Å². The number of aromatic nitrogens is 2. The van der Waals surface area contributed by atoms with Gasteiger partial charge in [0.1, 0.15) is 11.4 Å². The molecular weight excluding hydrogens is 286 g/mol. The molecule has 1 aromatic carbocycles. The molecule has 0 aliphatic carbocycles. The number of benzene rings is 1. The molecule has 0 aliphatic rings. The van der Waals surface area contributed by atoms with E-state index < -0.39 is 33.5 Å². The van der Waals surface area contributed by atoms with E-state index >= 15 is 0 Å². The maximum Gasteiger partial charge on any atom is 0.328 e. The Kier molecular flexibility index (Phi) is 3.47. The van der Waals surface area contributed by atoms with Crippen LogP contribution in [0, 0.1) is 10.1 Å².